The molecule has 1 aliphatic heterocycles. The van der Waals surface area contributed by atoms with Crippen LogP contribution in [0.1, 0.15) is 37.0 Å². The molecule has 0 aromatic carbocycles. The van der Waals surface area contributed by atoms with E-state index in [0.717, 1.165) is 24.0 Å². The van der Waals surface area contributed by atoms with Gasteiger partial charge in [0, 0.05) is 61.1 Å². The number of anilines is 1. The smallest absolute Gasteiger partial charge is 0.254 e. The SMILES string of the molecule is CC(C)(C)c1nsc(N2CCN(C(=O)c3ccncc3)CC2)n1. The molecule has 7 heteroatoms. The molecule has 0 N–H and O–H groups in total. The molecule has 0 radical (unpaired) electrons. The number of amides is 1. The normalized spacial score (nSPS) is 15.8. The Labute approximate surface area is 140 Å². The molecule has 2 aromatic heterocycles. The summed E-state index contributed by atoms with van der Waals surface area (Å²) in [5.41, 5.74) is 0.660. The highest BCUT2D eigenvalue weighted by molar-refractivity contribution is 7.09. The number of carbonyl (C=O) groups is 1. The highest BCUT2D eigenvalue weighted by Crippen LogP contribution is 2.26. The number of carbonyl (C=O) groups excluding carboxylic acids is 1. The van der Waals surface area contributed by atoms with Crippen LogP contribution in [0.15, 0.2) is 24.5 Å². The number of aromatic nitrogens is 3. The molecule has 0 unspecified atom stereocenters. The average Bonchev–Trinajstić information content (AvgIpc) is 3.05. The summed E-state index contributed by atoms with van der Waals surface area (Å²) in [7, 11) is 0. The Morgan fingerprint density at radius 2 is 1.78 bits per heavy atom. The Morgan fingerprint density at radius 3 is 2.35 bits per heavy atom. The fraction of sp³-hybridized carbons (Fsp3) is 0.500. The van der Waals surface area contributed by atoms with Crippen molar-refractivity contribution < 1.29 is 4.79 Å². The molecule has 122 valence electrons. The van der Waals surface area contributed by atoms with Crippen LogP contribution >= 0.6 is 11.5 Å². The predicted molar refractivity (Wildman–Crippen MR) is 91.0 cm³/mol. The number of hydrogen-bond donors (Lipinski definition) is 0. The first-order valence-electron chi connectivity index (χ1n) is 7.73. The lowest BCUT2D eigenvalue weighted by molar-refractivity contribution is 0.0746. The fourth-order valence-corrected chi connectivity index (χ4v) is 3.33. The second-order valence-electron chi connectivity index (χ2n) is 6.67. The van der Waals surface area contributed by atoms with E-state index >= 15 is 0 Å². The molecule has 0 bridgehead atoms. The van der Waals surface area contributed by atoms with Gasteiger partial charge in [-0.1, -0.05) is 20.8 Å². The van der Waals surface area contributed by atoms with Crippen molar-refractivity contribution in [2.24, 2.45) is 0 Å². The van der Waals surface area contributed by atoms with Crippen molar-refractivity contribution in [3.63, 3.8) is 0 Å². The second-order valence-corrected chi connectivity index (χ2v) is 7.40. The Morgan fingerprint density at radius 1 is 1.13 bits per heavy atom. The first-order chi connectivity index (χ1) is 10.9. The first kappa shape index (κ1) is 15.9. The number of piperazine rings is 1. The molecule has 3 heterocycles. The molecule has 0 atom stereocenters. The fourth-order valence-electron chi connectivity index (χ4n) is 2.43. The van der Waals surface area contributed by atoms with Crippen molar-refractivity contribution >= 4 is 22.6 Å². The third-order valence-electron chi connectivity index (χ3n) is 3.85. The number of rotatable bonds is 2. The maximum Gasteiger partial charge on any atom is 0.254 e. The van der Waals surface area contributed by atoms with E-state index in [1.54, 1.807) is 24.5 Å². The molecular formula is C16H21N5OS. The van der Waals surface area contributed by atoms with E-state index in [1.807, 2.05) is 4.90 Å². The zero-order valence-corrected chi connectivity index (χ0v) is 14.5. The summed E-state index contributed by atoms with van der Waals surface area (Å²) in [5.74, 6) is 0.951. The highest BCUT2D eigenvalue weighted by atomic mass is 32.1. The lowest BCUT2D eigenvalue weighted by atomic mass is 9.96. The second kappa shape index (κ2) is 6.23. The van der Waals surface area contributed by atoms with Crippen LogP contribution in [0.5, 0.6) is 0 Å². The monoisotopic (exact) mass is 331 g/mol. The van der Waals surface area contributed by atoms with Crippen molar-refractivity contribution in [1.29, 1.82) is 0 Å². The van der Waals surface area contributed by atoms with Crippen molar-refractivity contribution in [3.8, 4) is 0 Å². The molecule has 1 aliphatic rings. The van der Waals surface area contributed by atoms with Crippen molar-refractivity contribution in [1.82, 2.24) is 19.2 Å². The van der Waals surface area contributed by atoms with Crippen molar-refractivity contribution in [2.45, 2.75) is 26.2 Å². The van der Waals surface area contributed by atoms with Gasteiger partial charge in [0.25, 0.3) is 5.91 Å². The van der Waals surface area contributed by atoms with Gasteiger partial charge in [0.15, 0.2) is 0 Å². The van der Waals surface area contributed by atoms with Crippen molar-refractivity contribution in [3.05, 3.63) is 35.9 Å². The summed E-state index contributed by atoms with van der Waals surface area (Å²) in [5, 5.41) is 0.950. The number of nitrogens with zero attached hydrogens (tertiary/aromatic N) is 5. The summed E-state index contributed by atoms with van der Waals surface area (Å²) in [4.78, 5) is 25.1. The van der Waals surface area contributed by atoms with Crippen molar-refractivity contribution in [2.75, 3.05) is 31.1 Å². The predicted octanol–water partition coefficient (Wildman–Crippen LogP) is 2.19. The molecule has 6 nitrogen and oxygen atoms in total. The molecule has 3 rings (SSSR count). The van der Waals surface area contributed by atoms with Crippen LogP contribution in [0.4, 0.5) is 5.13 Å². The van der Waals surface area contributed by atoms with Gasteiger partial charge in [-0.3, -0.25) is 9.78 Å². The molecule has 0 aliphatic carbocycles. The van der Waals surface area contributed by atoms with Crippen LogP contribution in [0.2, 0.25) is 0 Å². The summed E-state index contributed by atoms with van der Waals surface area (Å²) >= 11 is 1.44. The number of hydrogen-bond acceptors (Lipinski definition) is 6. The lowest BCUT2D eigenvalue weighted by Crippen LogP contribution is -2.48. The van der Waals surface area contributed by atoms with Gasteiger partial charge in [-0.2, -0.15) is 4.37 Å². The van der Waals surface area contributed by atoms with E-state index in [1.165, 1.54) is 11.5 Å². The summed E-state index contributed by atoms with van der Waals surface area (Å²) in [6, 6.07) is 3.52. The third kappa shape index (κ3) is 3.50. The summed E-state index contributed by atoms with van der Waals surface area (Å²) < 4.78 is 4.47. The minimum absolute atomic E-state index is 0.0338. The molecule has 2 aromatic rings. The van der Waals surface area contributed by atoms with E-state index in [9.17, 15) is 4.79 Å². The van der Waals surface area contributed by atoms with Gasteiger partial charge in [-0.05, 0) is 12.1 Å². The van der Waals surface area contributed by atoms with Crippen LogP contribution in [0.25, 0.3) is 0 Å². The van der Waals surface area contributed by atoms with E-state index in [0.29, 0.717) is 18.7 Å². The van der Waals surface area contributed by atoms with Crippen LogP contribution in [0, 0.1) is 0 Å². The molecular weight excluding hydrogens is 310 g/mol. The van der Waals surface area contributed by atoms with E-state index < -0.39 is 0 Å². The number of pyridine rings is 1. The molecule has 23 heavy (non-hydrogen) atoms. The van der Waals surface area contributed by atoms with Gasteiger partial charge in [-0.15, -0.1) is 0 Å². The zero-order valence-electron chi connectivity index (χ0n) is 13.7. The van der Waals surface area contributed by atoms with E-state index in [-0.39, 0.29) is 11.3 Å². The van der Waals surface area contributed by atoms with Gasteiger partial charge < -0.3 is 9.80 Å². The average molecular weight is 331 g/mol. The maximum atomic E-state index is 12.4. The Balaban J connectivity index is 1.62. The summed E-state index contributed by atoms with van der Waals surface area (Å²) in [6.45, 7) is 9.32. The first-order valence-corrected chi connectivity index (χ1v) is 8.51. The standard InChI is InChI=1S/C16H21N5OS/c1-16(2,3)14-18-15(23-19-14)21-10-8-20(9-11-21)13(22)12-4-6-17-7-5-12/h4-7H,8-11H2,1-3H3. The third-order valence-corrected chi connectivity index (χ3v) is 4.63. The Kier molecular flexibility index (Phi) is 4.30. The zero-order chi connectivity index (χ0) is 16.4. The van der Waals surface area contributed by atoms with Crippen LogP contribution in [-0.4, -0.2) is 51.3 Å². The minimum Gasteiger partial charge on any atom is -0.343 e. The minimum atomic E-state index is -0.0338. The quantitative estimate of drug-likeness (QED) is 0.844. The van der Waals surface area contributed by atoms with Crippen LogP contribution in [-0.2, 0) is 5.41 Å². The van der Waals surface area contributed by atoms with Gasteiger partial charge in [0.1, 0.15) is 5.82 Å². The van der Waals surface area contributed by atoms with E-state index in [4.69, 9.17) is 0 Å². The summed E-state index contributed by atoms with van der Waals surface area (Å²) in [6.07, 6.45) is 3.30. The Bertz CT molecular complexity index is 671. The van der Waals surface area contributed by atoms with Crippen LogP contribution in [0.3, 0.4) is 0 Å². The topological polar surface area (TPSA) is 62.2 Å². The van der Waals surface area contributed by atoms with Gasteiger partial charge in [0.2, 0.25) is 5.13 Å². The Hall–Kier alpha value is -2.02. The van der Waals surface area contributed by atoms with Gasteiger partial charge >= 0.3 is 0 Å². The highest BCUT2D eigenvalue weighted by Gasteiger charge is 2.26. The van der Waals surface area contributed by atoms with E-state index in [2.05, 4.69) is 40.0 Å². The molecule has 0 saturated carbocycles. The van der Waals surface area contributed by atoms with Crippen LogP contribution < -0.4 is 4.90 Å². The molecule has 0 spiro atoms. The maximum absolute atomic E-state index is 12.4. The van der Waals surface area contributed by atoms with Gasteiger partial charge in [0.05, 0.1) is 0 Å². The molecule has 1 saturated heterocycles. The largest absolute Gasteiger partial charge is 0.343 e. The lowest BCUT2D eigenvalue weighted by Gasteiger charge is -2.34. The van der Waals surface area contributed by atoms with Gasteiger partial charge in [-0.25, -0.2) is 4.98 Å². The molecule has 1 fully saturated rings. The molecule has 1 amide bonds.